The van der Waals surface area contributed by atoms with Crippen molar-refractivity contribution in [1.29, 1.82) is 0 Å². The van der Waals surface area contributed by atoms with Gasteiger partial charge in [0.2, 0.25) is 0 Å². The summed E-state index contributed by atoms with van der Waals surface area (Å²) in [6.45, 7) is 7.00. The average Bonchev–Trinajstić information content (AvgIpc) is 2.41. The van der Waals surface area contributed by atoms with Crippen molar-refractivity contribution in [3.8, 4) is 0 Å². The van der Waals surface area contributed by atoms with Crippen molar-refractivity contribution in [2.45, 2.75) is 33.4 Å². The van der Waals surface area contributed by atoms with E-state index in [0.29, 0.717) is 17.1 Å². The van der Waals surface area contributed by atoms with E-state index in [2.05, 4.69) is 38.2 Å². The summed E-state index contributed by atoms with van der Waals surface area (Å²) in [5.74, 6) is -0.268. The Morgan fingerprint density at radius 2 is 1.76 bits per heavy atom. The fraction of sp³-hybridized carbons (Fsp3) is 0.333. The van der Waals surface area contributed by atoms with Gasteiger partial charge in [0.25, 0.3) is 0 Å². The SMILES string of the molecule is CC(C)(C)C(NCc1ccc(Cl)cc1F)c1ccccc1. The minimum atomic E-state index is -0.268. The normalized spacial score (nSPS) is 13.2. The molecular weight excluding hydrogens is 285 g/mol. The van der Waals surface area contributed by atoms with Crippen molar-refractivity contribution in [3.05, 3.63) is 70.5 Å². The molecule has 0 saturated heterocycles. The summed E-state index contributed by atoms with van der Waals surface area (Å²) in [5, 5.41) is 3.89. The van der Waals surface area contributed by atoms with Gasteiger partial charge in [0, 0.05) is 23.2 Å². The highest BCUT2D eigenvalue weighted by Crippen LogP contribution is 2.33. The van der Waals surface area contributed by atoms with Gasteiger partial charge in [-0.25, -0.2) is 4.39 Å². The molecule has 1 unspecified atom stereocenters. The van der Waals surface area contributed by atoms with Gasteiger partial charge in [-0.1, -0.05) is 68.8 Å². The van der Waals surface area contributed by atoms with Crippen molar-refractivity contribution in [1.82, 2.24) is 5.32 Å². The lowest BCUT2D eigenvalue weighted by atomic mass is 9.82. The first-order chi connectivity index (χ1) is 9.88. The van der Waals surface area contributed by atoms with E-state index in [0.717, 1.165) is 0 Å². The maximum atomic E-state index is 13.9. The van der Waals surface area contributed by atoms with E-state index in [-0.39, 0.29) is 17.3 Å². The Morgan fingerprint density at radius 1 is 1.10 bits per heavy atom. The number of benzene rings is 2. The smallest absolute Gasteiger partial charge is 0.129 e. The van der Waals surface area contributed by atoms with Crippen LogP contribution in [-0.2, 0) is 6.54 Å². The largest absolute Gasteiger partial charge is 0.305 e. The van der Waals surface area contributed by atoms with Crippen molar-refractivity contribution >= 4 is 11.6 Å². The molecule has 0 aliphatic carbocycles. The second-order valence-corrected chi connectivity index (χ2v) is 6.76. The van der Waals surface area contributed by atoms with E-state index in [1.54, 1.807) is 12.1 Å². The zero-order chi connectivity index (χ0) is 15.5. The van der Waals surface area contributed by atoms with E-state index < -0.39 is 0 Å². The van der Waals surface area contributed by atoms with Gasteiger partial charge in [0.15, 0.2) is 0 Å². The molecule has 2 rings (SSSR count). The number of nitrogens with one attached hydrogen (secondary N) is 1. The number of hydrogen-bond acceptors (Lipinski definition) is 1. The van der Waals surface area contributed by atoms with Crippen LogP contribution in [0.1, 0.15) is 37.9 Å². The van der Waals surface area contributed by atoms with Crippen molar-refractivity contribution in [2.75, 3.05) is 0 Å². The minimum Gasteiger partial charge on any atom is -0.305 e. The molecule has 1 N–H and O–H groups in total. The zero-order valence-electron chi connectivity index (χ0n) is 12.7. The summed E-state index contributed by atoms with van der Waals surface area (Å²) in [7, 11) is 0. The third-order valence-electron chi connectivity index (χ3n) is 3.51. The van der Waals surface area contributed by atoms with Crippen LogP contribution in [-0.4, -0.2) is 0 Å². The van der Waals surface area contributed by atoms with E-state index in [1.807, 2.05) is 18.2 Å². The molecule has 0 aliphatic rings. The summed E-state index contributed by atoms with van der Waals surface area (Å²) < 4.78 is 13.9. The standard InChI is InChI=1S/C18H21ClFN/c1-18(2,3)17(13-7-5-4-6-8-13)21-12-14-9-10-15(19)11-16(14)20/h4-11,17,21H,12H2,1-3H3. The summed E-state index contributed by atoms with van der Waals surface area (Å²) in [4.78, 5) is 0. The zero-order valence-corrected chi connectivity index (χ0v) is 13.4. The Morgan fingerprint density at radius 3 is 2.33 bits per heavy atom. The van der Waals surface area contributed by atoms with E-state index in [1.165, 1.54) is 11.6 Å². The molecule has 112 valence electrons. The van der Waals surface area contributed by atoms with Crippen molar-refractivity contribution < 1.29 is 4.39 Å². The molecule has 0 bridgehead atoms. The summed E-state index contributed by atoms with van der Waals surface area (Å²) in [6.07, 6.45) is 0. The minimum absolute atomic E-state index is 0.0320. The van der Waals surface area contributed by atoms with Gasteiger partial charge in [-0.15, -0.1) is 0 Å². The lowest BCUT2D eigenvalue weighted by Gasteiger charge is -2.32. The van der Waals surface area contributed by atoms with Gasteiger partial charge >= 0.3 is 0 Å². The van der Waals surface area contributed by atoms with Gasteiger partial charge in [0.1, 0.15) is 5.82 Å². The molecule has 21 heavy (non-hydrogen) atoms. The van der Waals surface area contributed by atoms with Crippen LogP contribution in [0.15, 0.2) is 48.5 Å². The van der Waals surface area contributed by atoms with Crippen molar-refractivity contribution in [3.63, 3.8) is 0 Å². The van der Waals surface area contributed by atoms with Crippen LogP contribution < -0.4 is 5.32 Å². The molecule has 0 saturated carbocycles. The third kappa shape index (κ3) is 4.29. The highest BCUT2D eigenvalue weighted by molar-refractivity contribution is 6.30. The van der Waals surface area contributed by atoms with E-state index in [9.17, 15) is 4.39 Å². The molecular formula is C18H21ClFN. The van der Waals surface area contributed by atoms with Crippen LogP contribution in [0.5, 0.6) is 0 Å². The quantitative estimate of drug-likeness (QED) is 0.802. The first-order valence-electron chi connectivity index (χ1n) is 7.10. The van der Waals surface area contributed by atoms with Gasteiger partial charge < -0.3 is 5.32 Å². The molecule has 2 aromatic rings. The Kier molecular flexibility index (Phi) is 5.02. The molecule has 2 aromatic carbocycles. The first kappa shape index (κ1) is 16.0. The Hall–Kier alpha value is -1.38. The van der Waals surface area contributed by atoms with E-state index in [4.69, 9.17) is 11.6 Å². The lowest BCUT2D eigenvalue weighted by Crippen LogP contribution is -2.32. The van der Waals surface area contributed by atoms with Crippen LogP contribution in [0.2, 0.25) is 5.02 Å². The average molecular weight is 306 g/mol. The molecule has 0 spiro atoms. The molecule has 0 amide bonds. The summed E-state index contributed by atoms with van der Waals surface area (Å²) in [5.41, 5.74) is 1.87. The maximum absolute atomic E-state index is 13.9. The topological polar surface area (TPSA) is 12.0 Å². The second-order valence-electron chi connectivity index (χ2n) is 6.33. The van der Waals surface area contributed by atoms with Crippen LogP contribution >= 0.6 is 11.6 Å². The molecule has 0 fully saturated rings. The fourth-order valence-corrected chi connectivity index (χ4v) is 2.61. The van der Waals surface area contributed by atoms with Crippen LogP contribution in [0.25, 0.3) is 0 Å². The lowest BCUT2D eigenvalue weighted by molar-refractivity contribution is 0.270. The van der Waals surface area contributed by atoms with Crippen LogP contribution in [0.3, 0.4) is 0 Å². The number of rotatable bonds is 4. The molecule has 0 aliphatic heterocycles. The second kappa shape index (κ2) is 6.59. The van der Waals surface area contributed by atoms with Crippen LogP contribution in [0.4, 0.5) is 4.39 Å². The van der Waals surface area contributed by atoms with Crippen LogP contribution in [0, 0.1) is 11.2 Å². The molecule has 1 nitrogen and oxygen atoms in total. The van der Waals surface area contributed by atoms with E-state index >= 15 is 0 Å². The highest BCUT2D eigenvalue weighted by atomic mass is 35.5. The molecule has 3 heteroatoms. The summed E-state index contributed by atoms with van der Waals surface area (Å²) in [6, 6.07) is 15.2. The Labute approximate surface area is 131 Å². The van der Waals surface area contributed by atoms with Gasteiger partial charge in [-0.05, 0) is 23.1 Å². The Bertz CT molecular complexity index is 590. The molecule has 1 atom stereocenters. The van der Waals surface area contributed by atoms with Crippen molar-refractivity contribution in [2.24, 2.45) is 5.41 Å². The summed E-state index contributed by atoms with van der Waals surface area (Å²) >= 11 is 5.79. The number of halogens is 2. The monoisotopic (exact) mass is 305 g/mol. The molecule has 0 radical (unpaired) electrons. The first-order valence-corrected chi connectivity index (χ1v) is 7.48. The maximum Gasteiger partial charge on any atom is 0.129 e. The van der Waals surface area contributed by atoms with Gasteiger partial charge in [-0.2, -0.15) is 0 Å². The fourth-order valence-electron chi connectivity index (χ4n) is 2.45. The Balaban J connectivity index is 2.17. The predicted octanol–water partition coefficient (Wildman–Crippen LogP) is 5.36. The predicted molar refractivity (Wildman–Crippen MR) is 86.9 cm³/mol. The third-order valence-corrected chi connectivity index (χ3v) is 3.75. The molecule has 0 heterocycles. The van der Waals surface area contributed by atoms with Gasteiger partial charge in [-0.3, -0.25) is 0 Å². The highest BCUT2D eigenvalue weighted by Gasteiger charge is 2.25. The van der Waals surface area contributed by atoms with Gasteiger partial charge in [0.05, 0.1) is 0 Å². The molecule has 0 aromatic heterocycles. The number of hydrogen-bond donors (Lipinski definition) is 1.